The molecule has 0 aromatic heterocycles. The van der Waals surface area contributed by atoms with Crippen molar-refractivity contribution >= 4 is 29.4 Å². The fourth-order valence-electron chi connectivity index (χ4n) is 3.05. The number of hydrogen-bond donors (Lipinski definition) is 0. The van der Waals surface area contributed by atoms with Crippen LogP contribution in [0.15, 0.2) is 36.4 Å². The molecule has 7 heteroatoms. The first-order valence-corrected chi connectivity index (χ1v) is 8.48. The Hall–Kier alpha value is -2.34. The van der Waals surface area contributed by atoms with Gasteiger partial charge in [0.05, 0.1) is 11.8 Å². The van der Waals surface area contributed by atoms with Gasteiger partial charge in [-0.15, -0.1) is 0 Å². The molecule has 6 nitrogen and oxygen atoms in total. The van der Waals surface area contributed by atoms with Crippen LogP contribution in [0.25, 0.3) is 0 Å². The first kappa shape index (κ1) is 17.5. The third kappa shape index (κ3) is 4.02. The van der Waals surface area contributed by atoms with Crippen LogP contribution in [0.2, 0.25) is 5.02 Å². The van der Waals surface area contributed by atoms with Crippen LogP contribution in [0.3, 0.4) is 0 Å². The molecule has 0 bridgehead atoms. The summed E-state index contributed by atoms with van der Waals surface area (Å²) in [6.45, 7) is -0.137. The molecule has 1 heterocycles. The Morgan fingerprint density at radius 2 is 1.64 bits per heavy atom. The van der Waals surface area contributed by atoms with Crippen LogP contribution in [-0.4, -0.2) is 42.4 Å². The van der Waals surface area contributed by atoms with E-state index in [2.05, 4.69) is 0 Å². The quantitative estimate of drug-likeness (QED) is 0.335. The Balaban J connectivity index is 1.42. The van der Waals surface area contributed by atoms with Crippen LogP contribution in [0.5, 0.6) is 5.75 Å². The van der Waals surface area contributed by atoms with E-state index in [1.165, 1.54) is 0 Å². The molecule has 2 aliphatic rings. The number of ether oxygens (including phenoxy) is 2. The number of esters is 1. The molecule has 0 spiro atoms. The number of benzene rings is 1. The van der Waals surface area contributed by atoms with Crippen molar-refractivity contribution in [1.82, 2.24) is 4.90 Å². The minimum atomic E-state index is -0.618. The lowest BCUT2D eigenvalue weighted by atomic mass is 9.85. The van der Waals surface area contributed by atoms with Crippen molar-refractivity contribution in [2.24, 2.45) is 11.8 Å². The smallest absolute Gasteiger partial charge is 0.326 e. The first-order valence-electron chi connectivity index (χ1n) is 8.10. The van der Waals surface area contributed by atoms with Crippen LogP contribution in [-0.2, 0) is 19.1 Å². The van der Waals surface area contributed by atoms with Crippen molar-refractivity contribution in [2.45, 2.75) is 12.8 Å². The van der Waals surface area contributed by atoms with E-state index in [-0.39, 0.29) is 43.4 Å². The third-order valence-electron chi connectivity index (χ3n) is 4.31. The zero-order chi connectivity index (χ0) is 17.8. The number of imide groups is 1. The highest BCUT2D eigenvalue weighted by molar-refractivity contribution is 6.30. The van der Waals surface area contributed by atoms with E-state index in [4.69, 9.17) is 21.1 Å². The number of halogens is 1. The molecule has 0 saturated carbocycles. The Bertz CT molecular complexity index is 674. The number of likely N-dealkylation sites (tertiary alicyclic amines) is 1. The van der Waals surface area contributed by atoms with E-state index in [1.54, 1.807) is 24.3 Å². The Labute approximate surface area is 150 Å². The van der Waals surface area contributed by atoms with Crippen molar-refractivity contribution in [2.75, 3.05) is 19.8 Å². The van der Waals surface area contributed by atoms with Gasteiger partial charge in [0.1, 0.15) is 25.5 Å². The van der Waals surface area contributed by atoms with Gasteiger partial charge in [0, 0.05) is 5.02 Å². The van der Waals surface area contributed by atoms with Gasteiger partial charge in [0.25, 0.3) is 0 Å². The maximum Gasteiger partial charge on any atom is 0.326 e. The minimum Gasteiger partial charge on any atom is -0.490 e. The molecule has 3 rings (SSSR count). The Morgan fingerprint density at radius 1 is 1.04 bits per heavy atom. The van der Waals surface area contributed by atoms with E-state index in [1.807, 2.05) is 12.2 Å². The number of fused-ring (bicyclic) bond motifs is 1. The fraction of sp³-hybridized carbons (Fsp3) is 0.389. The molecule has 2 amide bonds. The summed E-state index contributed by atoms with van der Waals surface area (Å²) in [5.41, 5.74) is 0. The summed E-state index contributed by atoms with van der Waals surface area (Å²) < 4.78 is 10.5. The summed E-state index contributed by atoms with van der Waals surface area (Å²) in [6.07, 6.45) is 4.91. The Kier molecular flexibility index (Phi) is 5.38. The summed E-state index contributed by atoms with van der Waals surface area (Å²) in [5, 5.41) is 0.606. The summed E-state index contributed by atoms with van der Waals surface area (Å²) in [4.78, 5) is 37.4. The molecule has 1 aliphatic heterocycles. The van der Waals surface area contributed by atoms with Crippen LogP contribution in [0, 0.1) is 11.8 Å². The number of carbonyl (C=O) groups is 3. The minimum absolute atomic E-state index is 0.0338. The van der Waals surface area contributed by atoms with Crippen LogP contribution < -0.4 is 4.74 Å². The molecule has 0 radical (unpaired) electrons. The van der Waals surface area contributed by atoms with Crippen LogP contribution >= 0.6 is 11.6 Å². The maximum atomic E-state index is 12.3. The lowest BCUT2D eigenvalue weighted by Crippen LogP contribution is -2.37. The monoisotopic (exact) mass is 363 g/mol. The lowest BCUT2D eigenvalue weighted by Gasteiger charge is -2.14. The van der Waals surface area contributed by atoms with Crippen LogP contribution in [0.1, 0.15) is 12.8 Å². The molecule has 1 saturated heterocycles. The summed E-state index contributed by atoms with van der Waals surface area (Å²) in [7, 11) is 0. The average molecular weight is 364 g/mol. The van der Waals surface area contributed by atoms with E-state index in [0.717, 1.165) is 4.90 Å². The fourth-order valence-corrected chi connectivity index (χ4v) is 3.17. The number of amides is 2. The van der Waals surface area contributed by atoms with E-state index in [9.17, 15) is 14.4 Å². The molecule has 0 unspecified atom stereocenters. The predicted molar refractivity (Wildman–Crippen MR) is 90.0 cm³/mol. The zero-order valence-corrected chi connectivity index (χ0v) is 14.3. The summed E-state index contributed by atoms with van der Waals surface area (Å²) >= 11 is 5.78. The SMILES string of the molecule is O=C(CN1C(=O)[C@@H]2CC=CC[C@H]2C1=O)OCCOc1ccc(Cl)cc1. The van der Waals surface area contributed by atoms with E-state index >= 15 is 0 Å². The molecule has 2 atom stereocenters. The van der Waals surface area contributed by atoms with Crippen molar-refractivity contribution in [3.63, 3.8) is 0 Å². The second kappa shape index (κ2) is 7.70. The molecular formula is C18H18ClNO5. The van der Waals surface area contributed by atoms with Gasteiger partial charge in [-0.1, -0.05) is 23.8 Å². The van der Waals surface area contributed by atoms with Gasteiger partial charge < -0.3 is 9.47 Å². The number of hydrogen-bond acceptors (Lipinski definition) is 5. The zero-order valence-electron chi connectivity index (χ0n) is 13.5. The topological polar surface area (TPSA) is 72.9 Å². The number of carbonyl (C=O) groups excluding carboxylic acids is 3. The summed E-state index contributed by atoms with van der Waals surface area (Å²) in [5.74, 6) is -1.24. The molecular weight excluding hydrogens is 346 g/mol. The molecule has 0 N–H and O–H groups in total. The van der Waals surface area contributed by atoms with Crippen molar-refractivity contribution < 1.29 is 23.9 Å². The lowest BCUT2D eigenvalue weighted by molar-refractivity contribution is -0.153. The standard InChI is InChI=1S/C18H18ClNO5/c19-12-5-7-13(8-6-12)24-9-10-25-16(21)11-20-17(22)14-3-1-2-4-15(14)18(20)23/h1-2,5-8,14-15H,3-4,9-11H2/t14-,15-/m1/s1. The highest BCUT2D eigenvalue weighted by atomic mass is 35.5. The van der Waals surface area contributed by atoms with E-state index in [0.29, 0.717) is 23.6 Å². The van der Waals surface area contributed by atoms with Gasteiger partial charge in [-0.05, 0) is 37.1 Å². The highest BCUT2D eigenvalue weighted by Gasteiger charge is 2.47. The second-order valence-electron chi connectivity index (χ2n) is 5.94. The van der Waals surface area contributed by atoms with Crippen molar-refractivity contribution in [1.29, 1.82) is 0 Å². The molecule has 1 aromatic carbocycles. The van der Waals surface area contributed by atoms with Crippen LogP contribution in [0.4, 0.5) is 0 Å². The number of rotatable bonds is 6. The molecule has 1 fully saturated rings. The van der Waals surface area contributed by atoms with Gasteiger partial charge in [0.2, 0.25) is 11.8 Å². The third-order valence-corrected chi connectivity index (χ3v) is 4.57. The van der Waals surface area contributed by atoms with Gasteiger partial charge in [-0.3, -0.25) is 19.3 Å². The largest absolute Gasteiger partial charge is 0.490 e. The van der Waals surface area contributed by atoms with Crippen molar-refractivity contribution in [3.8, 4) is 5.75 Å². The number of allylic oxidation sites excluding steroid dienone is 2. The van der Waals surface area contributed by atoms with Gasteiger partial charge in [-0.2, -0.15) is 0 Å². The molecule has 1 aromatic rings. The van der Waals surface area contributed by atoms with Crippen molar-refractivity contribution in [3.05, 3.63) is 41.4 Å². The van der Waals surface area contributed by atoms with Gasteiger partial charge in [-0.25, -0.2) is 0 Å². The molecule has 25 heavy (non-hydrogen) atoms. The van der Waals surface area contributed by atoms with Gasteiger partial charge in [0.15, 0.2) is 0 Å². The predicted octanol–water partition coefficient (Wildman–Crippen LogP) is 2.21. The first-order chi connectivity index (χ1) is 12.1. The normalized spacial score (nSPS) is 22.0. The highest BCUT2D eigenvalue weighted by Crippen LogP contribution is 2.34. The van der Waals surface area contributed by atoms with Gasteiger partial charge >= 0.3 is 5.97 Å². The molecule has 132 valence electrons. The summed E-state index contributed by atoms with van der Waals surface area (Å²) in [6, 6.07) is 6.81. The Morgan fingerprint density at radius 3 is 2.24 bits per heavy atom. The number of nitrogens with zero attached hydrogens (tertiary/aromatic N) is 1. The average Bonchev–Trinajstić information content (AvgIpc) is 2.86. The van der Waals surface area contributed by atoms with E-state index < -0.39 is 5.97 Å². The maximum absolute atomic E-state index is 12.3. The second-order valence-corrected chi connectivity index (χ2v) is 6.38. The molecule has 1 aliphatic carbocycles.